The molecule has 0 bridgehead atoms. The van der Waals surface area contributed by atoms with Gasteiger partial charge in [-0.3, -0.25) is 0 Å². The maximum Gasteiger partial charge on any atom is 0.371 e. The molecule has 2 rings (SSSR count). The summed E-state index contributed by atoms with van der Waals surface area (Å²) in [6, 6.07) is 3.31. The summed E-state index contributed by atoms with van der Waals surface area (Å²) < 4.78 is 5.28. The first-order valence-electron chi connectivity index (χ1n) is 6.62. The number of furan rings is 1. The molecule has 0 spiro atoms. The van der Waals surface area contributed by atoms with Gasteiger partial charge in [-0.1, -0.05) is 13.3 Å². The molecular weight excluding hydrogens is 230 g/mol. The van der Waals surface area contributed by atoms with Crippen LogP contribution in [-0.2, 0) is 0 Å². The minimum absolute atomic E-state index is 0.00754. The number of carboxylic acids is 1. The van der Waals surface area contributed by atoms with Crippen molar-refractivity contribution in [2.75, 3.05) is 6.54 Å². The van der Waals surface area contributed by atoms with Gasteiger partial charge >= 0.3 is 5.97 Å². The van der Waals surface area contributed by atoms with Crippen molar-refractivity contribution in [1.29, 1.82) is 0 Å². The molecule has 4 nitrogen and oxygen atoms in total. The zero-order valence-electron chi connectivity index (χ0n) is 11.0. The third-order valence-corrected chi connectivity index (χ3v) is 3.78. The Labute approximate surface area is 107 Å². The number of aromatic carboxylic acids is 1. The van der Waals surface area contributed by atoms with E-state index in [0.717, 1.165) is 18.4 Å². The van der Waals surface area contributed by atoms with E-state index in [1.807, 2.05) is 6.92 Å². The summed E-state index contributed by atoms with van der Waals surface area (Å²) in [4.78, 5) is 10.7. The first-order chi connectivity index (χ1) is 8.56. The second kappa shape index (κ2) is 5.57. The minimum atomic E-state index is -1.02. The summed E-state index contributed by atoms with van der Waals surface area (Å²) in [5, 5.41) is 12.2. The molecular formula is C14H21NO3. The monoisotopic (exact) mass is 251 g/mol. The van der Waals surface area contributed by atoms with Gasteiger partial charge in [-0.2, -0.15) is 0 Å². The Bertz CT molecular complexity index is 413. The number of carbonyl (C=O) groups is 1. The molecule has 1 aromatic heterocycles. The molecule has 0 aromatic carbocycles. The van der Waals surface area contributed by atoms with Crippen LogP contribution >= 0.6 is 0 Å². The molecule has 100 valence electrons. The van der Waals surface area contributed by atoms with Crippen molar-refractivity contribution < 1.29 is 14.3 Å². The highest BCUT2D eigenvalue weighted by Crippen LogP contribution is 2.30. The molecule has 0 amide bonds. The van der Waals surface area contributed by atoms with Crippen LogP contribution in [0.5, 0.6) is 0 Å². The molecule has 0 aliphatic heterocycles. The van der Waals surface area contributed by atoms with Crippen molar-refractivity contribution in [3.63, 3.8) is 0 Å². The standard InChI is InChI=1S/C14H21NO3/c1-9-3-4-11(7-9)8-15-10(2)12-5-6-13(18-12)14(16)17/h5-6,9-11,15H,3-4,7-8H2,1-2H3,(H,16,17). The Kier molecular flexibility index (Phi) is 4.07. The quantitative estimate of drug-likeness (QED) is 0.844. The zero-order valence-corrected chi connectivity index (χ0v) is 11.0. The Morgan fingerprint density at radius 2 is 2.33 bits per heavy atom. The predicted octanol–water partition coefficient (Wildman–Crippen LogP) is 3.06. The van der Waals surface area contributed by atoms with Gasteiger partial charge in [0.1, 0.15) is 5.76 Å². The molecule has 18 heavy (non-hydrogen) atoms. The summed E-state index contributed by atoms with van der Waals surface area (Å²) in [7, 11) is 0. The molecule has 0 saturated heterocycles. The minimum Gasteiger partial charge on any atom is -0.475 e. The number of hydrogen-bond donors (Lipinski definition) is 2. The number of nitrogens with one attached hydrogen (secondary N) is 1. The lowest BCUT2D eigenvalue weighted by Crippen LogP contribution is -2.24. The largest absolute Gasteiger partial charge is 0.475 e. The SMILES string of the molecule is CC1CCC(CNC(C)c2ccc(C(=O)O)o2)C1. The molecule has 0 radical (unpaired) electrons. The predicted molar refractivity (Wildman–Crippen MR) is 68.6 cm³/mol. The van der Waals surface area contributed by atoms with Crippen LogP contribution in [0.3, 0.4) is 0 Å². The van der Waals surface area contributed by atoms with Crippen molar-refractivity contribution >= 4 is 5.97 Å². The van der Waals surface area contributed by atoms with Gasteiger partial charge in [0.05, 0.1) is 6.04 Å². The third kappa shape index (κ3) is 3.13. The van der Waals surface area contributed by atoms with Crippen molar-refractivity contribution in [3.05, 3.63) is 23.7 Å². The van der Waals surface area contributed by atoms with Gasteiger partial charge in [0.2, 0.25) is 5.76 Å². The number of rotatable bonds is 5. The van der Waals surface area contributed by atoms with Gasteiger partial charge in [-0.25, -0.2) is 4.79 Å². The maximum atomic E-state index is 10.7. The lowest BCUT2D eigenvalue weighted by molar-refractivity contribution is 0.0659. The Morgan fingerprint density at radius 1 is 1.56 bits per heavy atom. The van der Waals surface area contributed by atoms with E-state index in [1.165, 1.54) is 25.3 Å². The van der Waals surface area contributed by atoms with Crippen molar-refractivity contribution in [2.45, 2.75) is 39.2 Å². The Morgan fingerprint density at radius 3 is 2.89 bits per heavy atom. The Balaban J connectivity index is 1.83. The van der Waals surface area contributed by atoms with Crippen LogP contribution < -0.4 is 5.32 Å². The normalized spacial score (nSPS) is 25.2. The molecule has 1 aliphatic rings. The molecule has 1 saturated carbocycles. The molecule has 3 unspecified atom stereocenters. The van der Waals surface area contributed by atoms with Crippen LogP contribution in [0.15, 0.2) is 16.5 Å². The number of hydrogen-bond acceptors (Lipinski definition) is 3. The van der Waals surface area contributed by atoms with Gasteiger partial charge < -0.3 is 14.8 Å². The highest BCUT2D eigenvalue weighted by Gasteiger charge is 2.22. The summed E-state index contributed by atoms with van der Waals surface area (Å²) >= 11 is 0. The van der Waals surface area contributed by atoms with Gasteiger partial charge in [-0.05, 0) is 50.3 Å². The highest BCUT2D eigenvalue weighted by atomic mass is 16.4. The second-order valence-corrected chi connectivity index (χ2v) is 5.42. The first-order valence-corrected chi connectivity index (χ1v) is 6.62. The van der Waals surface area contributed by atoms with E-state index in [-0.39, 0.29) is 11.8 Å². The summed E-state index contributed by atoms with van der Waals surface area (Å²) in [5.41, 5.74) is 0. The van der Waals surface area contributed by atoms with E-state index in [2.05, 4.69) is 12.2 Å². The van der Waals surface area contributed by atoms with E-state index in [9.17, 15) is 4.79 Å². The fraction of sp³-hybridized carbons (Fsp3) is 0.643. The van der Waals surface area contributed by atoms with Crippen LogP contribution in [-0.4, -0.2) is 17.6 Å². The van der Waals surface area contributed by atoms with Gasteiger partial charge in [0.25, 0.3) is 0 Å². The highest BCUT2D eigenvalue weighted by molar-refractivity contribution is 5.84. The lowest BCUT2D eigenvalue weighted by Gasteiger charge is -2.15. The summed E-state index contributed by atoms with van der Waals surface area (Å²) in [5.74, 6) is 1.27. The van der Waals surface area contributed by atoms with Crippen molar-refractivity contribution in [3.8, 4) is 0 Å². The van der Waals surface area contributed by atoms with Crippen LogP contribution in [0.1, 0.15) is 55.5 Å². The van der Waals surface area contributed by atoms with E-state index >= 15 is 0 Å². The topological polar surface area (TPSA) is 62.5 Å². The molecule has 1 aliphatic carbocycles. The van der Waals surface area contributed by atoms with Gasteiger partial charge in [0, 0.05) is 0 Å². The van der Waals surface area contributed by atoms with Crippen molar-refractivity contribution in [2.24, 2.45) is 11.8 Å². The molecule has 2 N–H and O–H groups in total. The molecule has 3 atom stereocenters. The van der Waals surface area contributed by atoms with Crippen LogP contribution in [0.2, 0.25) is 0 Å². The summed E-state index contributed by atoms with van der Waals surface area (Å²) in [6.45, 7) is 5.28. The maximum absolute atomic E-state index is 10.7. The molecule has 1 aromatic rings. The smallest absolute Gasteiger partial charge is 0.371 e. The second-order valence-electron chi connectivity index (χ2n) is 5.42. The van der Waals surface area contributed by atoms with Crippen LogP contribution in [0.25, 0.3) is 0 Å². The average molecular weight is 251 g/mol. The third-order valence-electron chi connectivity index (χ3n) is 3.78. The lowest BCUT2D eigenvalue weighted by atomic mass is 10.1. The Hall–Kier alpha value is -1.29. The summed E-state index contributed by atoms with van der Waals surface area (Å²) in [6.07, 6.45) is 3.91. The average Bonchev–Trinajstić information content (AvgIpc) is 2.94. The van der Waals surface area contributed by atoms with E-state index < -0.39 is 5.97 Å². The van der Waals surface area contributed by atoms with Crippen LogP contribution in [0.4, 0.5) is 0 Å². The van der Waals surface area contributed by atoms with E-state index in [0.29, 0.717) is 5.76 Å². The van der Waals surface area contributed by atoms with Crippen molar-refractivity contribution in [1.82, 2.24) is 5.32 Å². The fourth-order valence-electron chi connectivity index (χ4n) is 2.65. The van der Waals surface area contributed by atoms with Crippen LogP contribution in [0, 0.1) is 11.8 Å². The number of carboxylic acid groups (broad SMARTS) is 1. The zero-order chi connectivity index (χ0) is 13.1. The molecule has 1 heterocycles. The van der Waals surface area contributed by atoms with Gasteiger partial charge in [-0.15, -0.1) is 0 Å². The molecule has 1 fully saturated rings. The fourth-order valence-corrected chi connectivity index (χ4v) is 2.65. The van der Waals surface area contributed by atoms with Gasteiger partial charge in [0.15, 0.2) is 0 Å². The van der Waals surface area contributed by atoms with E-state index in [1.54, 1.807) is 6.07 Å². The first kappa shape index (κ1) is 13.1. The molecule has 4 heteroatoms. The van der Waals surface area contributed by atoms with E-state index in [4.69, 9.17) is 9.52 Å².